The van der Waals surface area contributed by atoms with E-state index in [0.29, 0.717) is 20.8 Å². The highest BCUT2D eigenvalue weighted by Crippen LogP contribution is 2.41. The summed E-state index contributed by atoms with van der Waals surface area (Å²) in [6.45, 7) is 4.55. The molecule has 1 aliphatic rings. The Bertz CT molecular complexity index is 377. The molecule has 2 heterocycles. The monoisotopic (exact) mass is 291 g/mol. The SMILES string of the molecule is CC1SCC(C(N)c2c(Cl)cnn2C)SC1C. The molecular formula is C11H18ClN3S2. The van der Waals surface area contributed by atoms with Gasteiger partial charge in [-0.1, -0.05) is 25.4 Å². The molecule has 96 valence electrons. The molecule has 2 N–H and O–H groups in total. The Balaban J connectivity index is 2.13. The normalized spacial score (nSPS) is 31.5. The van der Waals surface area contributed by atoms with E-state index in [1.807, 2.05) is 30.6 Å². The minimum absolute atomic E-state index is 0.0394. The first-order valence-electron chi connectivity index (χ1n) is 5.70. The summed E-state index contributed by atoms with van der Waals surface area (Å²) in [5.41, 5.74) is 7.29. The highest BCUT2D eigenvalue weighted by atomic mass is 35.5. The van der Waals surface area contributed by atoms with Gasteiger partial charge in [-0.2, -0.15) is 28.6 Å². The van der Waals surface area contributed by atoms with Gasteiger partial charge in [0, 0.05) is 28.6 Å². The lowest BCUT2D eigenvalue weighted by Gasteiger charge is -2.34. The first-order chi connectivity index (χ1) is 8.00. The number of hydrogen-bond acceptors (Lipinski definition) is 4. The fraction of sp³-hybridized carbons (Fsp3) is 0.727. The number of aromatic nitrogens is 2. The van der Waals surface area contributed by atoms with Gasteiger partial charge >= 0.3 is 0 Å². The zero-order chi connectivity index (χ0) is 12.6. The van der Waals surface area contributed by atoms with Gasteiger partial charge in [-0.25, -0.2) is 0 Å². The van der Waals surface area contributed by atoms with Crippen molar-refractivity contribution in [3.63, 3.8) is 0 Å². The molecule has 0 radical (unpaired) electrons. The Morgan fingerprint density at radius 1 is 1.53 bits per heavy atom. The molecule has 1 aromatic rings. The maximum atomic E-state index is 6.34. The van der Waals surface area contributed by atoms with Crippen molar-refractivity contribution in [2.45, 2.75) is 35.6 Å². The highest BCUT2D eigenvalue weighted by molar-refractivity contribution is 8.07. The van der Waals surface area contributed by atoms with E-state index in [1.165, 1.54) is 0 Å². The molecule has 0 aromatic carbocycles. The fourth-order valence-corrected chi connectivity index (χ4v) is 5.28. The van der Waals surface area contributed by atoms with Crippen LogP contribution in [-0.2, 0) is 7.05 Å². The number of rotatable bonds is 2. The van der Waals surface area contributed by atoms with Crippen LogP contribution in [0, 0.1) is 0 Å². The molecule has 0 saturated carbocycles. The summed E-state index contributed by atoms with van der Waals surface area (Å²) in [7, 11) is 1.90. The van der Waals surface area contributed by atoms with Crippen molar-refractivity contribution in [1.82, 2.24) is 9.78 Å². The predicted octanol–water partition coefficient (Wildman–Crippen LogP) is 2.70. The first kappa shape index (κ1) is 13.6. The molecule has 2 rings (SSSR count). The van der Waals surface area contributed by atoms with E-state index in [0.717, 1.165) is 11.4 Å². The third-order valence-electron chi connectivity index (χ3n) is 3.23. The Morgan fingerprint density at radius 2 is 2.24 bits per heavy atom. The van der Waals surface area contributed by atoms with Crippen LogP contribution in [0.25, 0.3) is 0 Å². The number of nitrogens with two attached hydrogens (primary N) is 1. The van der Waals surface area contributed by atoms with Crippen LogP contribution in [0.3, 0.4) is 0 Å². The van der Waals surface area contributed by atoms with Crippen molar-refractivity contribution < 1.29 is 0 Å². The molecule has 0 bridgehead atoms. The van der Waals surface area contributed by atoms with E-state index in [2.05, 4.69) is 18.9 Å². The Kier molecular flexibility index (Phi) is 4.34. The summed E-state index contributed by atoms with van der Waals surface area (Å²) < 4.78 is 1.79. The van der Waals surface area contributed by atoms with E-state index in [-0.39, 0.29) is 6.04 Å². The van der Waals surface area contributed by atoms with Crippen molar-refractivity contribution in [3.8, 4) is 0 Å². The molecule has 3 nitrogen and oxygen atoms in total. The zero-order valence-electron chi connectivity index (χ0n) is 10.3. The molecule has 1 fully saturated rings. The highest BCUT2D eigenvalue weighted by Gasteiger charge is 2.32. The second-order valence-electron chi connectivity index (χ2n) is 4.45. The standard InChI is InChI=1S/C11H18ClN3S2/c1-6-7(2)17-9(5-16-6)10(13)11-8(12)4-14-15(11)3/h4,6-7,9-10H,5,13H2,1-3H3. The van der Waals surface area contributed by atoms with Crippen LogP contribution < -0.4 is 5.73 Å². The number of hydrogen-bond donors (Lipinski definition) is 1. The summed E-state index contributed by atoms with van der Waals surface area (Å²) >= 11 is 10.1. The Morgan fingerprint density at radius 3 is 2.76 bits per heavy atom. The molecule has 0 spiro atoms. The largest absolute Gasteiger partial charge is 0.322 e. The van der Waals surface area contributed by atoms with Gasteiger partial charge in [0.1, 0.15) is 0 Å². The lowest BCUT2D eigenvalue weighted by molar-refractivity contribution is 0.613. The van der Waals surface area contributed by atoms with Gasteiger partial charge in [-0.3, -0.25) is 4.68 Å². The van der Waals surface area contributed by atoms with Gasteiger partial charge in [-0.05, 0) is 0 Å². The lowest BCUT2D eigenvalue weighted by atomic mass is 10.1. The number of nitrogens with zero attached hydrogens (tertiary/aromatic N) is 2. The molecule has 0 aliphatic carbocycles. The number of thioether (sulfide) groups is 2. The van der Waals surface area contributed by atoms with E-state index in [4.69, 9.17) is 17.3 Å². The van der Waals surface area contributed by atoms with Crippen LogP contribution in [0.4, 0.5) is 0 Å². The minimum atomic E-state index is -0.0394. The van der Waals surface area contributed by atoms with Gasteiger partial charge in [0.25, 0.3) is 0 Å². The Hall–Kier alpha value is 0.160. The smallest absolute Gasteiger partial charge is 0.0834 e. The van der Waals surface area contributed by atoms with Gasteiger partial charge in [0.05, 0.1) is 23.0 Å². The zero-order valence-corrected chi connectivity index (χ0v) is 12.6. The van der Waals surface area contributed by atoms with Crippen LogP contribution in [0.1, 0.15) is 25.6 Å². The fourth-order valence-electron chi connectivity index (χ4n) is 1.97. The molecule has 1 saturated heterocycles. The van der Waals surface area contributed by atoms with Gasteiger partial charge in [0.2, 0.25) is 0 Å². The first-order valence-corrected chi connectivity index (χ1v) is 8.07. The van der Waals surface area contributed by atoms with Crippen molar-refractivity contribution in [2.75, 3.05) is 5.75 Å². The van der Waals surface area contributed by atoms with Crippen LogP contribution in [0.5, 0.6) is 0 Å². The summed E-state index contributed by atoms with van der Waals surface area (Å²) in [6.07, 6.45) is 1.67. The van der Waals surface area contributed by atoms with Gasteiger partial charge < -0.3 is 5.73 Å². The summed E-state index contributed by atoms with van der Waals surface area (Å²) in [6, 6.07) is -0.0394. The molecule has 4 unspecified atom stereocenters. The summed E-state index contributed by atoms with van der Waals surface area (Å²) in [5.74, 6) is 1.08. The average Bonchev–Trinajstić information content (AvgIpc) is 2.62. The van der Waals surface area contributed by atoms with E-state index in [1.54, 1.807) is 10.9 Å². The number of aryl methyl sites for hydroxylation is 1. The van der Waals surface area contributed by atoms with Crippen LogP contribution in [0.15, 0.2) is 6.20 Å². The molecule has 0 amide bonds. The van der Waals surface area contributed by atoms with Crippen molar-refractivity contribution in [1.29, 1.82) is 0 Å². The van der Waals surface area contributed by atoms with E-state index < -0.39 is 0 Å². The molecule has 4 atom stereocenters. The van der Waals surface area contributed by atoms with Crippen molar-refractivity contribution in [3.05, 3.63) is 16.9 Å². The van der Waals surface area contributed by atoms with Crippen LogP contribution in [-0.4, -0.2) is 31.3 Å². The Labute approximate surface area is 116 Å². The molecule has 17 heavy (non-hydrogen) atoms. The minimum Gasteiger partial charge on any atom is -0.322 e. The molecule has 6 heteroatoms. The molecule has 1 aliphatic heterocycles. The third kappa shape index (κ3) is 2.78. The van der Waals surface area contributed by atoms with Crippen LogP contribution >= 0.6 is 35.1 Å². The summed E-state index contributed by atoms with van der Waals surface area (Å²) in [4.78, 5) is 0. The lowest BCUT2D eigenvalue weighted by Crippen LogP contribution is -2.35. The maximum absolute atomic E-state index is 6.34. The average molecular weight is 292 g/mol. The van der Waals surface area contributed by atoms with Crippen molar-refractivity contribution in [2.24, 2.45) is 12.8 Å². The number of halogens is 1. The molecule has 1 aromatic heterocycles. The maximum Gasteiger partial charge on any atom is 0.0834 e. The summed E-state index contributed by atoms with van der Waals surface area (Å²) in [5, 5.41) is 6.58. The third-order valence-corrected chi connectivity index (χ3v) is 7.03. The molecular weight excluding hydrogens is 274 g/mol. The second-order valence-corrected chi connectivity index (χ2v) is 7.88. The van der Waals surface area contributed by atoms with E-state index >= 15 is 0 Å². The van der Waals surface area contributed by atoms with Crippen LogP contribution in [0.2, 0.25) is 5.02 Å². The second kappa shape index (κ2) is 5.43. The topological polar surface area (TPSA) is 43.8 Å². The van der Waals surface area contributed by atoms with Crippen molar-refractivity contribution >= 4 is 35.1 Å². The van der Waals surface area contributed by atoms with E-state index in [9.17, 15) is 0 Å². The van der Waals surface area contributed by atoms with Gasteiger partial charge in [-0.15, -0.1) is 0 Å². The van der Waals surface area contributed by atoms with Gasteiger partial charge in [0.15, 0.2) is 0 Å². The quantitative estimate of drug-likeness (QED) is 0.910. The predicted molar refractivity (Wildman–Crippen MR) is 77.9 cm³/mol.